The number of nitrogens with one attached hydrogen (secondary N) is 1. The number of carbonyl (C=O) groups excluding carboxylic acids is 1. The van der Waals surface area contributed by atoms with Crippen molar-refractivity contribution < 1.29 is 14.7 Å². The van der Waals surface area contributed by atoms with Gasteiger partial charge in [0.25, 0.3) is 0 Å². The Morgan fingerprint density at radius 2 is 2.09 bits per heavy atom. The number of rotatable bonds is 3. The van der Waals surface area contributed by atoms with Gasteiger partial charge in [-0.1, -0.05) is 0 Å². The van der Waals surface area contributed by atoms with Gasteiger partial charge in [0.2, 0.25) is 0 Å². The topological polar surface area (TPSA) is 82.5 Å². The van der Waals surface area contributed by atoms with Gasteiger partial charge < -0.3 is 15.3 Å². The molecule has 7 heteroatoms. The number of hydrogen-bond acceptors (Lipinski definition) is 4. The maximum absolute atomic E-state index is 12.1. The van der Waals surface area contributed by atoms with Crippen molar-refractivity contribution in [3.8, 4) is 10.6 Å². The summed E-state index contributed by atoms with van der Waals surface area (Å²) < 4.78 is 0. The maximum Gasteiger partial charge on any atom is 0.321 e. The predicted octanol–water partition coefficient (Wildman–Crippen LogP) is 2.75. The molecule has 3 rings (SSSR count). The number of carboxylic acid groups (broad SMARTS) is 1. The van der Waals surface area contributed by atoms with Crippen LogP contribution in [0.4, 0.5) is 10.5 Å². The Labute approximate surface area is 131 Å². The molecule has 0 aliphatic carbocycles. The van der Waals surface area contributed by atoms with Gasteiger partial charge in [-0.3, -0.25) is 4.79 Å². The standard InChI is InChI=1S/C15H15N3O3S/c19-14(20)11-5-7-18(9-11)15(21)17-12-3-1-10(2-4-12)13-16-6-8-22-13/h1-4,6,8,11H,5,7,9H2,(H,17,21)(H,19,20)/t11-/m1/s1. The van der Waals surface area contributed by atoms with E-state index in [0.717, 1.165) is 10.6 Å². The zero-order valence-electron chi connectivity index (χ0n) is 11.7. The van der Waals surface area contributed by atoms with Gasteiger partial charge in [-0.15, -0.1) is 11.3 Å². The van der Waals surface area contributed by atoms with E-state index in [1.165, 1.54) is 4.90 Å². The van der Waals surface area contributed by atoms with Gasteiger partial charge >= 0.3 is 12.0 Å². The first-order valence-electron chi connectivity index (χ1n) is 6.92. The number of anilines is 1. The number of nitrogens with zero attached hydrogens (tertiary/aromatic N) is 2. The smallest absolute Gasteiger partial charge is 0.321 e. The summed E-state index contributed by atoms with van der Waals surface area (Å²) in [7, 11) is 0. The molecule has 1 aromatic heterocycles. The lowest BCUT2D eigenvalue weighted by atomic mass is 10.1. The summed E-state index contributed by atoms with van der Waals surface area (Å²) >= 11 is 1.56. The molecule has 1 aromatic carbocycles. The van der Waals surface area contributed by atoms with Gasteiger partial charge in [0.15, 0.2) is 0 Å². The predicted molar refractivity (Wildman–Crippen MR) is 83.9 cm³/mol. The van der Waals surface area contributed by atoms with Crippen LogP contribution in [0.3, 0.4) is 0 Å². The first kappa shape index (κ1) is 14.5. The average Bonchev–Trinajstić information content (AvgIpc) is 3.20. The fraction of sp³-hybridized carbons (Fsp3) is 0.267. The van der Waals surface area contributed by atoms with Crippen molar-refractivity contribution in [3.63, 3.8) is 0 Å². The Morgan fingerprint density at radius 1 is 1.32 bits per heavy atom. The summed E-state index contributed by atoms with van der Waals surface area (Å²) in [5.41, 5.74) is 1.68. The van der Waals surface area contributed by atoms with E-state index in [9.17, 15) is 9.59 Å². The van der Waals surface area contributed by atoms with E-state index >= 15 is 0 Å². The largest absolute Gasteiger partial charge is 0.481 e. The van der Waals surface area contributed by atoms with Crippen molar-refractivity contribution in [1.82, 2.24) is 9.88 Å². The summed E-state index contributed by atoms with van der Waals surface area (Å²) in [6.45, 7) is 0.734. The van der Waals surface area contributed by atoms with Crippen molar-refractivity contribution in [1.29, 1.82) is 0 Å². The van der Waals surface area contributed by atoms with E-state index in [1.807, 2.05) is 29.6 Å². The van der Waals surface area contributed by atoms with Gasteiger partial charge in [-0.2, -0.15) is 0 Å². The number of carboxylic acids is 1. The first-order chi connectivity index (χ1) is 10.6. The molecule has 1 saturated heterocycles. The normalized spacial score (nSPS) is 17.5. The highest BCUT2D eigenvalue weighted by Gasteiger charge is 2.30. The summed E-state index contributed by atoms with van der Waals surface area (Å²) in [5.74, 6) is -1.30. The molecule has 22 heavy (non-hydrogen) atoms. The monoisotopic (exact) mass is 317 g/mol. The molecule has 6 nitrogen and oxygen atoms in total. The van der Waals surface area contributed by atoms with Crippen LogP contribution in [0, 0.1) is 5.92 Å². The number of thiazole rings is 1. The minimum Gasteiger partial charge on any atom is -0.481 e. The Balaban J connectivity index is 1.61. The second kappa shape index (κ2) is 6.15. The van der Waals surface area contributed by atoms with Crippen molar-refractivity contribution in [2.75, 3.05) is 18.4 Å². The van der Waals surface area contributed by atoms with Crippen LogP contribution < -0.4 is 5.32 Å². The summed E-state index contributed by atoms with van der Waals surface area (Å²) in [5, 5.41) is 14.6. The third-order valence-corrected chi connectivity index (χ3v) is 4.46. The molecular weight excluding hydrogens is 302 g/mol. The SMILES string of the molecule is O=C(O)[C@@H]1CCN(C(=O)Nc2ccc(-c3nccs3)cc2)C1. The van der Waals surface area contributed by atoms with Crippen LogP contribution in [0.5, 0.6) is 0 Å². The van der Waals surface area contributed by atoms with Gasteiger partial charge in [-0.25, -0.2) is 9.78 Å². The minimum absolute atomic E-state index is 0.259. The number of aromatic nitrogens is 1. The van der Waals surface area contributed by atoms with Crippen LogP contribution in [-0.4, -0.2) is 40.1 Å². The molecule has 1 aliphatic rings. The summed E-state index contributed by atoms with van der Waals surface area (Å²) in [6.07, 6.45) is 2.26. The lowest BCUT2D eigenvalue weighted by molar-refractivity contribution is -0.141. The van der Waals surface area contributed by atoms with Gasteiger partial charge in [0.1, 0.15) is 5.01 Å². The second-order valence-corrected chi connectivity index (χ2v) is 6.01. The van der Waals surface area contributed by atoms with Gasteiger partial charge in [0, 0.05) is 35.9 Å². The molecule has 0 radical (unpaired) electrons. The van der Waals surface area contributed by atoms with E-state index in [0.29, 0.717) is 18.7 Å². The van der Waals surface area contributed by atoms with E-state index in [1.54, 1.807) is 17.5 Å². The quantitative estimate of drug-likeness (QED) is 0.912. The molecule has 0 saturated carbocycles. The molecule has 114 valence electrons. The van der Waals surface area contributed by atoms with Crippen LogP contribution in [0.15, 0.2) is 35.8 Å². The molecule has 1 atom stereocenters. The molecule has 2 N–H and O–H groups in total. The number of likely N-dealkylation sites (tertiary alicyclic amines) is 1. The number of carbonyl (C=O) groups is 2. The molecule has 2 aromatic rings. The Hall–Kier alpha value is -2.41. The average molecular weight is 317 g/mol. The third kappa shape index (κ3) is 3.09. The second-order valence-electron chi connectivity index (χ2n) is 5.11. The fourth-order valence-corrected chi connectivity index (χ4v) is 3.06. The van der Waals surface area contributed by atoms with E-state index in [-0.39, 0.29) is 12.6 Å². The van der Waals surface area contributed by atoms with Crippen molar-refractivity contribution in [2.24, 2.45) is 5.92 Å². The number of hydrogen-bond donors (Lipinski definition) is 2. The Bertz CT molecular complexity index is 670. The number of urea groups is 1. The molecule has 2 amide bonds. The van der Waals surface area contributed by atoms with Gasteiger partial charge in [-0.05, 0) is 30.7 Å². The highest BCUT2D eigenvalue weighted by molar-refractivity contribution is 7.13. The summed E-state index contributed by atoms with van der Waals surface area (Å²) in [6, 6.07) is 7.18. The Kier molecular flexibility index (Phi) is 4.06. The molecule has 1 aliphatic heterocycles. The zero-order valence-corrected chi connectivity index (χ0v) is 12.5. The van der Waals surface area contributed by atoms with Crippen LogP contribution in [0.2, 0.25) is 0 Å². The van der Waals surface area contributed by atoms with Crippen molar-refractivity contribution in [3.05, 3.63) is 35.8 Å². The molecule has 0 bridgehead atoms. The van der Waals surface area contributed by atoms with Crippen LogP contribution >= 0.6 is 11.3 Å². The molecule has 0 spiro atoms. The first-order valence-corrected chi connectivity index (χ1v) is 7.80. The summed E-state index contributed by atoms with van der Waals surface area (Å²) in [4.78, 5) is 28.8. The highest BCUT2D eigenvalue weighted by Crippen LogP contribution is 2.24. The highest BCUT2D eigenvalue weighted by atomic mass is 32.1. The molecular formula is C15H15N3O3S. The van der Waals surface area contributed by atoms with E-state index in [4.69, 9.17) is 5.11 Å². The fourth-order valence-electron chi connectivity index (χ4n) is 2.41. The number of aliphatic carboxylic acids is 1. The minimum atomic E-state index is -0.844. The van der Waals surface area contributed by atoms with Crippen LogP contribution in [0.1, 0.15) is 6.42 Å². The van der Waals surface area contributed by atoms with Crippen molar-refractivity contribution in [2.45, 2.75) is 6.42 Å². The van der Waals surface area contributed by atoms with E-state index in [2.05, 4.69) is 10.3 Å². The van der Waals surface area contributed by atoms with E-state index < -0.39 is 11.9 Å². The van der Waals surface area contributed by atoms with Gasteiger partial charge in [0.05, 0.1) is 5.92 Å². The maximum atomic E-state index is 12.1. The molecule has 2 heterocycles. The lowest BCUT2D eigenvalue weighted by Gasteiger charge is -2.16. The number of amides is 2. The molecule has 0 unspecified atom stereocenters. The van der Waals surface area contributed by atoms with Crippen molar-refractivity contribution >= 4 is 29.0 Å². The van der Waals surface area contributed by atoms with Crippen LogP contribution in [-0.2, 0) is 4.79 Å². The third-order valence-electron chi connectivity index (χ3n) is 3.64. The number of benzene rings is 1. The molecule has 1 fully saturated rings. The zero-order chi connectivity index (χ0) is 15.5. The Morgan fingerprint density at radius 3 is 2.68 bits per heavy atom. The lowest BCUT2D eigenvalue weighted by Crippen LogP contribution is -2.33. The van der Waals surface area contributed by atoms with Crippen LogP contribution in [0.25, 0.3) is 10.6 Å².